The normalized spacial score (nSPS) is 11.6. The standard InChI is InChI=1S/C11H14F3NOS/c1-7-5-8(2)10(6-9(7)15)16-3-4-17-11(12,13)14/h5-6H,3-4,15H2,1-2H3. The first-order valence-electron chi connectivity index (χ1n) is 5.00. The zero-order valence-electron chi connectivity index (χ0n) is 9.60. The molecule has 0 aliphatic heterocycles. The zero-order chi connectivity index (χ0) is 13.1. The molecule has 0 amide bonds. The second-order valence-electron chi connectivity index (χ2n) is 3.62. The SMILES string of the molecule is Cc1cc(C)c(OCCSC(F)(F)F)cc1N. The first-order valence-corrected chi connectivity index (χ1v) is 5.98. The molecule has 2 N–H and O–H groups in total. The Morgan fingerprint density at radius 1 is 1.24 bits per heavy atom. The van der Waals surface area contributed by atoms with Gasteiger partial charge in [-0.15, -0.1) is 0 Å². The van der Waals surface area contributed by atoms with E-state index in [2.05, 4.69) is 0 Å². The van der Waals surface area contributed by atoms with Crippen molar-refractivity contribution in [1.29, 1.82) is 0 Å². The Morgan fingerprint density at radius 2 is 1.88 bits per heavy atom. The quantitative estimate of drug-likeness (QED) is 0.668. The molecule has 0 heterocycles. The van der Waals surface area contributed by atoms with Crippen LogP contribution in [0.15, 0.2) is 12.1 Å². The average Bonchev–Trinajstić information content (AvgIpc) is 2.18. The van der Waals surface area contributed by atoms with Gasteiger partial charge in [-0.05, 0) is 36.7 Å². The van der Waals surface area contributed by atoms with Crippen LogP contribution in [0.2, 0.25) is 0 Å². The van der Waals surface area contributed by atoms with Crippen molar-refractivity contribution in [1.82, 2.24) is 0 Å². The average molecular weight is 265 g/mol. The molecule has 0 fully saturated rings. The van der Waals surface area contributed by atoms with Crippen molar-refractivity contribution in [3.8, 4) is 5.75 Å². The molecular weight excluding hydrogens is 251 g/mol. The molecule has 0 unspecified atom stereocenters. The summed E-state index contributed by atoms with van der Waals surface area (Å²) in [5, 5.41) is 0. The lowest BCUT2D eigenvalue weighted by Gasteiger charge is -2.12. The zero-order valence-corrected chi connectivity index (χ0v) is 10.4. The van der Waals surface area contributed by atoms with Gasteiger partial charge in [0.2, 0.25) is 0 Å². The van der Waals surface area contributed by atoms with E-state index >= 15 is 0 Å². The summed E-state index contributed by atoms with van der Waals surface area (Å²) in [5.41, 5.74) is 3.87. The molecule has 1 rings (SSSR count). The number of thioether (sulfide) groups is 1. The van der Waals surface area contributed by atoms with Crippen molar-refractivity contribution < 1.29 is 17.9 Å². The molecule has 0 bridgehead atoms. The molecule has 6 heteroatoms. The molecule has 0 aliphatic rings. The van der Waals surface area contributed by atoms with E-state index in [1.54, 1.807) is 6.07 Å². The highest BCUT2D eigenvalue weighted by atomic mass is 32.2. The molecular formula is C11H14F3NOS. The summed E-state index contributed by atoms with van der Waals surface area (Å²) in [6, 6.07) is 3.49. The molecule has 0 spiro atoms. The maximum absolute atomic E-state index is 11.9. The summed E-state index contributed by atoms with van der Waals surface area (Å²) in [6.07, 6.45) is 0. The van der Waals surface area contributed by atoms with Gasteiger partial charge in [0.15, 0.2) is 0 Å². The smallest absolute Gasteiger partial charge is 0.441 e. The lowest BCUT2D eigenvalue weighted by molar-refractivity contribution is -0.0329. The third-order valence-corrected chi connectivity index (χ3v) is 2.87. The maximum atomic E-state index is 11.9. The minimum atomic E-state index is -4.20. The van der Waals surface area contributed by atoms with Crippen LogP contribution in [-0.2, 0) is 0 Å². The van der Waals surface area contributed by atoms with Crippen LogP contribution < -0.4 is 10.5 Å². The largest absolute Gasteiger partial charge is 0.492 e. The van der Waals surface area contributed by atoms with E-state index in [1.165, 1.54) is 0 Å². The predicted molar refractivity (Wildman–Crippen MR) is 64.3 cm³/mol. The Hall–Kier alpha value is -1.04. The molecule has 2 nitrogen and oxygen atoms in total. The van der Waals surface area contributed by atoms with Crippen LogP contribution in [0.5, 0.6) is 5.75 Å². The number of aryl methyl sites for hydroxylation is 2. The van der Waals surface area contributed by atoms with Crippen molar-refractivity contribution in [3.63, 3.8) is 0 Å². The number of alkyl halides is 3. The fourth-order valence-electron chi connectivity index (χ4n) is 1.31. The minimum absolute atomic E-state index is 0.00746. The third kappa shape index (κ3) is 4.77. The van der Waals surface area contributed by atoms with Crippen LogP contribution in [0.1, 0.15) is 11.1 Å². The van der Waals surface area contributed by atoms with Crippen LogP contribution in [0, 0.1) is 13.8 Å². The molecule has 17 heavy (non-hydrogen) atoms. The van der Waals surface area contributed by atoms with Gasteiger partial charge >= 0.3 is 5.51 Å². The third-order valence-electron chi connectivity index (χ3n) is 2.17. The highest BCUT2D eigenvalue weighted by Crippen LogP contribution is 2.30. The Bertz CT molecular complexity index is 393. The Morgan fingerprint density at radius 3 is 2.47 bits per heavy atom. The summed E-state index contributed by atoms with van der Waals surface area (Å²) in [7, 11) is 0. The monoisotopic (exact) mass is 265 g/mol. The van der Waals surface area contributed by atoms with Crippen LogP contribution in [0.25, 0.3) is 0 Å². The van der Waals surface area contributed by atoms with E-state index in [9.17, 15) is 13.2 Å². The van der Waals surface area contributed by atoms with E-state index < -0.39 is 5.51 Å². The molecule has 0 saturated heterocycles. The number of anilines is 1. The van der Waals surface area contributed by atoms with Gasteiger partial charge in [0.25, 0.3) is 0 Å². The number of halogens is 3. The van der Waals surface area contributed by atoms with Crippen molar-refractivity contribution in [2.75, 3.05) is 18.1 Å². The second kappa shape index (κ2) is 5.53. The van der Waals surface area contributed by atoms with E-state index in [1.807, 2.05) is 19.9 Å². The van der Waals surface area contributed by atoms with Crippen LogP contribution in [0.3, 0.4) is 0 Å². The van der Waals surface area contributed by atoms with Gasteiger partial charge in [-0.2, -0.15) is 13.2 Å². The number of benzene rings is 1. The number of hydrogen-bond acceptors (Lipinski definition) is 3. The van der Waals surface area contributed by atoms with Crippen LogP contribution in [0.4, 0.5) is 18.9 Å². The first kappa shape index (κ1) is 14.0. The molecule has 0 aliphatic carbocycles. The number of ether oxygens (including phenoxy) is 1. The highest BCUT2D eigenvalue weighted by Gasteiger charge is 2.27. The topological polar surface area (TPSA) is 35.2 Å². The van der Waals surface area contributed by atoms with Gasteiger partial charge < -0.3 is 10.5 Å². The van der Waals surface area contributed by atoms with Gasteiger partial charge in [-0.25, -0.2) is 0 Å². The molecule has 0 atom stereocenters. The van der Waals surface area contributed by atoms with E-state index in [4.69, 9.17) is 10.5 Å². The fraction of sp³-hybridized carbons (Fsp3) is 0.455. The summed E-state index contributed by atoms with van der Waals surface area (Å²) in [6.45, 7) is 3.71. The number of nitrogens with two attached hydrogens (primary N) is 1. The van der Waals surface area contributed by atoms with Gasteiger partial charge in [-0.3, -0.25) is 0 Å². The van der Waals surface area contributed by atoms with E-state index in [0.29, 0.717) is 11.4 Å². The van der Waals surface area contributed by atoms with Gasteiger partial charge in [0.05, 0.1) is 6.61 Å². The van der Waals surface area contributed by atoms with Crippen LogP contribution >= 0.6 is 11.8 Å². The molecule has 0 saturated carbocycles. The predicted octanol–water partition coefficient (Wildman–Crippen LogP) is 3.52. The number of nitrogen functional groups attached to an aromatic ring is 1. The van der Waals surface area contributed by atoms with Crippen LogP contribution in [-0.4, -0.2) is 17.9 Å². The lowest BCUT2D eigenvalue weighted by Crippen LogP contribution is -2.08. The summed E-state index contributed by atoms with van der Waals surface area (Å²) in [4.78, 5) is 0. The maximum Gasteiger partial charge on any atom is 0.441 e. The number of rotatable bonds is 4. The Balaban J connectivity index is 2.50. The van der Waals surface area contributed by atoms with Crippen molar-refractivity contribution >= 4 is 17.4 Å². The van der Waals surface area contributed by atoms with Crippen molar-refractivity contribution in [2.24, 2.45) is 0 Å². The van der Waals surface area contributed by atoms with Gasteiger partial charge in [0, 0.05) is 17.5 Å². The summed E-state index contributed by atoms with van der Waals surface area (Å²) in [5.74, 6) is 0.410. The van der Waals surface area contributed by atoms with Crippen molar-refractivity contribution in [2.45, 2.75) is 19.4 Å². The molecule has 0 radical (unpaired) electrons. The second-order valence-corrected chi connectivity index (χ2v) is 4.78. The van der Waals surface area contributed by atoms with Gasteiger partial charge in [0.1, 0.15) is 5.75 Å². The lowest BCUT2D eigenvalue weighted by atomic mass is 10.1. The summed E-state index contributed by atoms with van der Waals surface area (Å²) < 4.78 is 40.9. The van der Waals surface area contributed by atoms with E-state index in [-0.39, 0.29) is 24.1 Å². The van der Waals surface area contributed by atoms with Crippen molar-refractivity contribution in [3.05, 3.63) is 23.3 Å². The molecule has 1 aromatic rings. The Labute approximate surface area is 102 Å². The molecule has 1 aromatic carbocycles. The van der Waals surface area contributed by atoms with Gasteiger partial charge in [-0.1, -0.05) is 6.07 Å². The molecule has 0 aromatic heterocycles. The van der Waals surface area contributed by atoms with E-state index in [0.717, 1.165) is 11.1 Å². The summed E-state index contributed by atoms with van der Waals surface area (Å²) >= 11 is -0.0902. The number of hydrogen-bond donors (Lipinski definition) is 1. The fourth-order valence-corrected chi connectivity index (χ4v) is 1.71. The molecule has 96 valence electrons. The highest BCUT2D eigenvalue weighted by molar-refractivity contribution is 8.00. The Kier molecular flexibility index (Phi) is 4.56. The minimum Gasteiger partial charge on any atom is -0.492 e. The first-order chi connectivity index (χ1) is 7.79.